The van der Waals surface area contributed by atoms with E-state index in [-0.39, 0.29) is 5.91 Å². The van der Waals surface area contributed by atoms with Gasteiger partial charge < -0.3 is 9.84 Å². The molecule has 1 aromatic carbocycles. The second kappa shape index (κ2) is 5.12. The summed E-state index contributed by atoms with van der Waals surface area (Å²) in [6.07, 6.45) is 0. The van der Waals surface area contributed by atoms with Crippen LogP contribution in [0, 0.1) is 13.8 Å². The number of amides is 1. The van der Waals surface area contributed by atoms with Gasteiger partial charge >= 0.3 is 0 Å². The Labute approximate surface area is 117 Å². The summed E-state index contributed by atoms with van der Waals surface area (Å²) in [7, 11) is 0. The van der Waals surface area contributed by atoms with Crippen LogP contribution in [-0.4, -0.2) is 11.1 Å². The highest BCUT2D eigenvalue weighted by Gasteiger charge is 2.18. The summed E-state index contributed by atoms with van der Waals surface area (Å²) in [4.78, 5) is 12.1. The van der Waals surface area contributed by atoms with Crippen LogP contribution in [0.4, 0.5) is 5.69 Å². The summed E-state index contributed by atoms with van der Waals surface area (Å²) in [5, 5.41) is 6.95. The molecule has 4 nitrogen and oxygen atoms in total. The molecule has 0 saturated carbocycles. The first-order valence-corrected chi connectivity index (χ1v) is 6.35. The molecule has 1 heterocycles. The number of aryl methyl sites for hydroxylation is 2. The van der Waals surface area contributed by atoms with Crippen LogP contribution >= 0.6 is 27.5 Å². The molecule has 2 rings (SSSR count). The first-order valence-electron chi connectivity index (χ1n) is 5.18. The molecule has 0 aliphatic rings. The van der Waals surface area contributed by atoms with Crippen LogP contribution < -0.4 is 5.32 Å². The normalized spacial score (nSPS) is 10.4. The highest BCUT2D eigenvalue weighted by atomic mass is 79.9. The Hall–Kier alpha value is -1.33. The van der Waals surface area contributed by atoms with Crippen molar-refractivity contribution in [2.75, 3.05) is 5.32 Å². The van der Waals surface area contributed by atoms with Gasteiger partial charge in [0.25, 0.3) is 5.91 Å². The first-order chi connectivity index (χ1) is 8.49. The molecular formula is C12H10BrClN2O2. The molecule has 0 spiro atoms. The van der Waals surface area contributed by atoms with Gasteiger partial charge in [0.15, 0.2) is 0 Å². The van der Waals surface area contributed by atoms with E-state index < -0.39 is 0 Å². The third-order valence-corrected chi connectivity index (χ3v) is 3.26. The zero-order valence-electron chi connectivity index (χ0n) is 9.75. The number of carbonyl (C=O) groups excluding carboxylic acids is 1. The van der Waals surface area contributed by atoms with E-state index in [1.54, 1.807) is 32.0 Å². The average Bonchev–Trinajstić information content (AvgIpc) is 2.63. The number of aromatic nitrogens is 1. The lowest BCUT2D eigenvalue weighted by Crippen LogP contribution is -2.13. The number of benzene rings is 1. The summed E-state index contributed by atoms with van der Waals surface area (Å²) in [5.74, 6) is 0.197. The second-order valence-electron chi connectivity index (χ2n) is 3.78. The Morgan fingerprint density at radius 1 is 1.44 bits per heavy atom. The highest BCUT2D eigenvalue weighted by molar-refractivity contribution is 9.10. The van der Waals surface area contributed by atoms with Crippen LogP contribution in [0.25, 0.3) is 0 Å². The monoisotopic (exact) mass is 328 g/mol. The number of rotatable bonds is 2. The van der Waals surface area contributed by atoms with Gasteiger partial charge in [0, 0.05) is 4.47 Å². The van der Waals surface area contributed by atoms with Gasteiger partial charge in [-0.15, -0.1) is 0 Å². The van der Waals surface area contributed by atoms with Crippen molar-refractivity contribution in [1.29, 1.82) is 0 Å². The number of hydrogen-bond donors (Lipinski definition) is 1. The topological polar surface area (TPSA) is 55.1 Å². The van der Waals surface area contributed by atoms with Gasteiger partial charge in [0.05, 0.1) is 16.4 Å². The van der Waals surface area contributed by atoms with Gasteiger partial charge in [-0.3, -0.25) is 4.79 Å². The Bertz CT molecular complexity index is 591. The minimum Gasteiger partial charge on any atom is -0.361 e. The predicted octanol–water partition coefficient (Wildman–Crippen LogP) is 3.96. The Balaban J connectivity index is 2.30. The summed E-state index contributed by atoms with van der Waals surface area (Å²) >= 11 is 9.33. The third kappa shape index (κ3) is 2.57. The molecule has 0 radical (unpaired) electrons. The van der Waals surface area contributed by atoms with E-state index in [1.165, 1.54) is 0 Å². The van der Waals surface area contributed by atoms with Crippen molar-refractivity contribution in [1.82, 2.24) is 5.16 Å². The molecule has 0 aliphatic carbocycles. The summed E-state index contributed by atoms with van der Waals surface area (Å²) < 4.78 is 5.79. The zero-order chi connectivity index (χ0) is 13.3. The van der Waals surface area contributed by atoms with Crippen LogP contribution in [0.5, 0.6) is 0 Å². The van der Waals surface area contributed by atoms with Gasteiger partial charge in [0.2, 0.25) is 0 Å². The van der Waals surface area contributed by atoms with Gasteiger partial charge in [-0.05, 0) is 32.0 Å². The van der Waals surface area contributed by atoms with Gasteiger partial charge in [0.1, 0.15) is 11.3 Å². The average molecular weight is 330 g/mol. The molecule has 1 amide bonds. The lowest BCUT2D eigenvalue weighted by molar-refractivity contribution is 0.102. The smallest absolute Gasteiger partial charge is 0.261 e. The number of anilines is 1. The van der Waals surface area contributed by atoms with Gasteiger partial charge in [-0.2, -0.15) is 0 Å². The quantitative estimate of drug-likeness (QED) is 0.907. The minimum atomic E-state index is -0.286. The van der Waals surface area contributed by atoms with Crippen molar-refractivity contribution in [2.45, 2.75) is 13.8 Å². The Morgan fingerprint density at radius 3 is 2.78 bits per heavy atom. The van der Waals surface area contributed by atoms with E-state index in [0.29, 0.717) is 27.7 Å². The van der Waals surface area contributed by atoms with E-state index in [2.05, 4.69) is 26.4 Å². The zero-order valence-corrected chi connectivity index (χ0v) is 12.1. The number of halogens is 2. The second-order valence-corrected chi connectivity index (χ2v) is 5.10. The van der Waals surface area contributed by atoms with E-state index >= 15 is 0 Å². The third-order valence-electron chi connectivity index (χ3n) is 2.44. The molecular weight excluding hydrogens is 320 g/mol. The maximum absolute atomic E-state index is 12.1. The van der Waals surface area contributed by atoms with Crippen molar-refractivity contribution >= 4 is 39.1 Å². The van der Waals surface area contributed by atoms with Crippen molar-refractivity contribution < 1.29 is 9.32 Å². The molecule has 0 atom stereocenters. The highest BCUT2D eigenvalue weighted by Crippen LogP contribution is 2.26. The molecule has 0 saturated heterocycles. The SMILES string of the molecule is Cc1noc(C)c1C(=O)Nc1cc(Br)ccc1Cl. The largest absolute Gasteiger partial charge is 0.361 e. The molecule has 0 aliphatic heterocycles. The summed E-state index contributed by atoms with van der Waals surface area (Å²) in [6, 6.07) is 5.24. The van der Waals surface area contributed by atoms with Crippen molar-refractivity contribution in [3.63, 3.8) is 0 Å². The van der Waals surface area contributed by atoms with Crippen molar-refractivity contribution in [3.05, 3.63) is 44.7 Å². The van der Waals surface area contributed by atoms with Crippen LogP contribution in [0.2, 0.25) is 5.02 Å². The fourth-order valence-electron chi connectivity index (χ4n) is 1.59. The lowest BCUT2D eigenvalue weighted by Gasteiger charge is -2.07. The number of nitrogens with zero attached hydrogens (tertiary/aromatic N) is 1. The molecule has 1 N–H and O–H groups in total. The van der Waals surface area contributed by atoms with E-state index in [1.807, 2.05) is 0 Å². The van der Waals surface area contributed by atoms with Crippen LogP contribution in [-0.2, 0) is 0 Å². The first kappa shape index (κ1) is 13.1. The van der Waals surface area contributed by atoms with E-state index in [0.717, 1.165) is 4.47 Å². The van der Waals surface area contributed by atoms with E-state index in [9.17, 15) is 4.79 Å². The lowest BCUT2D eigenvalue weighted by atomic mass is 10.2. The van der Waals surface area contributed by atoms with E-state index in [4.69, 9.17) is 16.1 Å². The van der Waals surface area contributed by atoms with Crippen LogP contribution in [0.1, 0.15) is 21.8 Å². The molecule has 18 heavy (non-hydrogen) atoms. The Morgan fingerprint density at radius 2 is 2.17 bits per heavy atom. The number of hydrogen-bond acceptors (Lipinski definition) is 3. The molecule has 0 bridgehead atoms. The Kier molecular flexibility index (Phi) is 3.73. The predicted molar refractivity (Wildman–Crippen MR) is 73.1 cm³/mol. The minimum absolute atomic E-state index is 0.286. The van der Waals surface area contributed by atoms with Crippen molar-refractivity contribution in [2.24, 2.45) is 0 Å². The van der Waals surface area contributed by atoms with Crippen LogP contribution in [0.15, 0.2) is 27.2 Å². The number of carbonyl (C=O) groups is 1. The number of nitrogens with one attached hydrogen (secondary N) is 1. The maximum Gasteiger partial charge on any atom is 0.261 e. The summed E-state index contributed by atoms with van der Waals surface area (Å²) in [6.45, 7) is 3.41. The fourth-order valence-corrected chi connectivity index (χ4v) is 2.11. The molecule has 6 heteroatoms. The fraction of sp³-hybridized carbons (Fsp3) is 0.167. The molecule has 94 valence electrons. The van der Waals surface area contributed by atoms with Gasteiger partial charge in [-0.25, -0.2) is 0 Å². The summed E-state index contributed by atoms with van der Waals surface area (Å²) in [5.41, 5.74) is 1.53. The standard InChI is InChI=1S/C12H10BrClN2O2/c1-6-11(7(2)18-16-6)12(17)15-10-5-8(13)3-4-9(10)14/h3-5H,1-2H3,(H,15,17). The van der Waals surface area contributed by atoms with Crippen LogP contribution in [0.3, 0.4) is 0 Å². The maximum atomic E-state index is 12.1. The molecule has 1 aromatic heterocycles. The molecule has 0 unspecified atom stereocenters. The molecule has 2 aromatic rings. The molecule has 0 fully saturated rings. The van der Waals surface area contributed by atoms with Gasteiger partial charge in [-0.1, -0.05) is 32.7 Å². The van der Waals surface area contributed by atoms with Crippen molar-refractivity contribution in [3.8, 4) is 0 Å².